The molecule has 1 N–H and O–H groups in total. The van der Waals surface area contributed by atoms with E-state index in [4.69, 9.17) is 4.98 Å². The molecule has 2 aromatic rings. The summed E-state index contributed by atoms with van der Waals surface area (Å²) in [5, 5.41) is 13.2. The van der Waals surface area contributed by atoms with Crippen molar-refractivity contribution in [3.8, 4) is 0 Å². The Kier molecular flexibility index (Phi) is 3.86. The number of thiophene rings is 1. The van der Waals surface area contributed by atoms with Crippen molar-refractivity contribution < 1.29 is 5.11 Å². The fraction of sp³-hybridized carbons (Fsp3) is 0.500. The first kappa shape index (κ1) is 13.1. The highest BCUT2D eigenvalue weighted by molar-refractivity contribution is 7.15. The summed E-state index contributed by atoms with van der Waals surface area (Å²) < 4.78 is 0. The van der Waals surface area contributed by atoms with E-state index in [-0.39, 0.29) is 6.10 Å². The zero-order chi connectivity index (χ0) is 13.2. The number of nitrogens with zero attached hydrogens (tertiary/aromatic N) is 2. The second-order valence-corrected chi connectivity index (χ2v) is 6.85. The Morgan fingerprint density at radius 3 is 3.11 bits per heavy atom. The Labute approximate surface area is 121 Å². The van der Waals surface area contributed by atoms with Gasteiger partial charge in [0.05, 0.1) is 23.2 Å². The zero-order valence-corrected chi connectivity index (χ0v) is 12.6. The number of anilines is 1. The predicted octanol–water partition coefficient (Wildman–Crippen LogP) is 3.60. The highest BCUT2D eigenvalue weighted by atomic mass is 32.1. The number of thiazole rings is 1. The quantitative estimate of drug-likeness (QED) is 0.936. The van der Waals surface area contributed by atoms with Crippen LogP contribution < -0.4 is 4.90 Å². The molecule has 0 radical (unpaired) electrons. The minimum atomic E-state index is -0.296. The van der Waals surface area contributed by atoms with Gasteiger partial charge in [-0.3, -0.25) is 0 Å². The van der Waals surface area contributed by atoms with Crippen LogP contribution in [0.2, 0.25) is 0 Å². The highest BCUT2D eigenvalue weighted by Crippen LogP contribution is 2.37. The average Bonchev–Trinajstić information content (AvgIpc) is 3.05. The van der Waals surface area contributed by atoms with E-state index in [0.29, 0.717) is 0 Å². The first-order valence-corrected chi connectivity index (χ1v) is 8.42. The number of rotatable bonds is 4. The molecule has 3 nitrogen and oxygen atoms in total. The van der Waals surface area contributed by atoms with Crippen molar-refractivity contribution in [3.05, 3.63) is 33.0 Å². The van der Waals surface area contributed by atoms with Crippen molar-refractivity contribution >= 4 is 27.8 Å². The molecule has 1 aliphatic carbocycles. The molecule has 5 heteroatoms. The fourth-order valence-electron chi connectivity index (χ4n) is 2.42. The summed E-state index contributed by atoms with van der Waals surface area (Å²) in [6.45, 7) is 4.02. The van der Waals surface area contributed by atoms with Crippen molar-refractivity contribution in [2.75, 3.05) is 11.4 Å². The number of aliphatic hydroxyl groups excluding tert-OH is 1. The second-order valence-electron chi connectivity index (χ2n) is 4.81. The van der Waals surface area contributed by atoms with Gasteiger partial charge in [0.2, 0.25) is 0 Å². The van der Waals surface area contributed by atoms with Crippen LogP contribution in [0.5, 0.6) is 0 Å². The van der Waals surface area contributed by atoms with Gasteiger partial charge < -0.3 is 10.0 Å². The van der Waals surface area contributed by atoms with Crippen LogP contribution in [0.25, 0.3) is 0 Å². The lowest BCUT2D eigenvalue weighted by Crippen LogP contribution is -2.21. The summed E-state index contributed by atoms with van der Waals surface area (Å²) in [5.41, 5.74) is 1.11. The third kappa shape index (κ3) is 2.68. The van der Waals surface area contributed by atoms with Gasteiger partial charge >= 0.3 is 0 Å². The summed E-state index contributed by atoms with van der Waals surface area (Å²) in [6, 6.07) is 4.25. The van der Waals surface area contributed by atoms with Crippen LogP contribution in [0.3, 0.4) is 0 Å². The first-order chi connectivity index (χ1) is 9.28. The molecule has 0 fully saturated rings. The smallest absolute Gasteiger partial charge is 0.186 e. The summed E-state index contributed by atoms with van der Waals surface area (Å²) in [7, 11) is 0. The maximum absolute atomic E-state index is 10.0. The monoisotopic (exact) mass is 294 g/mol. The van der Waals surface area contributed by atoms with Crippen molar-refractivity contribution in [1.82, 2.24) is 4.98 Å². The molecular weight excluding hydrogens is 276 g/mol. The molecule has 2 heterocycles. The van der Waals surface area contributed by atoms with Crippen molar-refractivity contribution in [2.24, 2.45) is 0 Å². The van der Waals surface area contributed by atoms with Crippen LogP contribution in [0.4, 0.5) is 5.13 Å². The van der Waals surface area contributed by atoms with E-state index in [1.165, 1.54) is 4.88 Å². The van der Waals surface area contributed by atoms with Gasteiger partial charge in [-0.15, -0.1) is 11.3 Å². The van der Waals surface area contributed by atoms with E-state index >= 15 is 0 Å². The first-order valence-electron chi connectivity index (χ1n) is 6.73. The van der Waals surface area contributed by atoms with Crippen molar-refractivity contribution in [1.29, 1.82) is 0 Å². The van der Waals surface area contributed by atoms with Crippen LogP contribution in [-0.4, -0.2) is 16.6 Å². The molecule has 0 aliphatic heterocycles. The zero-order valence-electron chi connectivity index (χ0n) is 11.0. The number of aryl methyl sites for hydroxylation is 1. The Bertz CT molecular complexity index is 536. The molecule has 0 saturated heterocycles. The van der Waals surface area contributed by atoms with E-state index in [0.717, 1.165) is 48.1 Å². The molecule has 0 bridgehead atoms. The van der Waals surface area contributed by atoms with Gasteiger partial charge in [0.25, 0.3) is 0 Å². The Morgan fingerprint density at radius 1 is 1.53 bits per heavy atom. The number of hydrogen-bond acceptors (Lipinski definition) is 5. The minimum absolute atomic E-state index is 0.296. The number of aliphatic hydroxyl groups is 1. The molecule has 1 aliphatic rings. The molecular formula is C14H18N2OS2. The molecule has 0 saturated carbocycles. The van der Waals surface area contributed by atoms with Gasteiger partial charge in [-0.1, -0.05) is 17.4 Å². The van der Waals surface area contributed by atoms with Gasteiger partial charge in [-0.25, -0.2) is 4.98 Å². The van der Waals surface area contributed by atoms with Gasteiger partial charge in [0.15, 0.2) is 5.13 Å². The summed E-state index contributed by atoms with van der Waals surface area (Å²) in [5.74, 6) is 0. The van der Waals surface area contributed by atoms with E-state index < -0.39 is 0 Å². The highest BCUT2D eigenvalue weighted by Gasteiger charge is 2.24. The summed E-state index contributed by atoms with van der Waals surface area (Å²) in [4.78, 5) is 9.48. The lowest BCUT2D eigenvalue weighted by atomic mass is 10.0. The van der Waals surface area contributed by atoms with E-state index in [1.54, 1.807) is 22.7 Å². The van der Waals surface area contributed by atoms with Crippen LogP contribution in [0.15, 0.2) is 17.5 Å². The SMILES string of the molecule is CCN(Cc1cccs1)c1nc2c(s1)C(O)CCC2. The lowest BCUT2D eigenvalue weighted by molar-refractivity contribution is 0.160. The average molecular weight is 294 g/mol. The topological polar surface area (TPSA) is 36.4 Å². The number of aromatic nitrogens is 1. The third-order valence-electron chi connectivity index (χ3n) is 3.49. The van der Waals surface area contributed by atoms with Crippen LogP contribution in [-0.2, 0) is 13.0 Å². The summed E-state index contributed by atoms with van der Waals surface area (Å²) >= 11 is 3.45. The number of hydrogen-bond donors (Lipinski definition) is 1. The molecule has 1 unspecified atom stereocenters. The maximum Gasteiger partial charge on any atom is 0.186 e. The Hall–Kier alpha value is -0.910. The number of fused-ring (bicyclic) bond motifs is 1. The maximum atomic E-state index is 10.0. The van der Waals surface area contributed by atoms with E-state index in [1.807, 2.05) is 0 Å². The fourth-order valence-corrected chi connectivity index (χ4v) is 4.34. The molecule has 1 atom stereocenters. The molecule has 3 rings (SSSR count). The molecule has 0 amide bonds. The van der Waals surface area contributed by atoms with Gasteiger partial charge in [-0.2, -0.15) is 0 Å². The van der Waals surface area contributed by atoms with Gasteiger partial charge in [-0.05, 0) is 37.6 Å². The Balaban J connectivity index is 1.83. The van der Waals surface area contributed by atoms with E-state index in [2.05, 4.69) is 29.3 Å². The minimum Gasteiger partial charge on any atom is -0.388 e. The van der Waals surface area contributed by atoms with Crippen molar-refractivity contribution in [2.45, 2.75) is 38.8 Å². The standard InChI is InChI=1S/C14H18N2OS2/c1-2-16(9-10-5-4-8-18-10)14-15-11-6-3-7-12(17)13(11)19-14/h4-5,8,12,17H,2-3,6-7,9H2,1H3. The molecule has 2 aromatic heterocycles. The normalized spacial score (nSPS) is 18.3. The van der Waals surface area contributed by atoms with Gasteiger partial charge in [0.1, 0.15) is 0 Å². The predicted molar refractivity (Wildman–Crippen MR) is 81.1 cm³/mol. The second kappa shape index (κ2) is 5.61. The molecule has 0 spiro atoms. The van der Waals surface area contributed by atoms with Crippen molar-refractivity contribution in [3.63, 3.8) is 0 Å². The van der Waals surface area contributed by atoms with Gasteiger partial charge in [0, 0.05) is 11.4 Å². The molecule has 102 valence electrons. The lowest BCUT2D eigenvalue weighted by Gasteiger charge is -2.18. The summed E-state index contributed by atoms with van der Waals surface area (Å²) in [6.07, 6.45) is 2.65. The molecule has 19 heavy (non-hydrogen) atoms. The third-order valence-corrected chi connectivity index (χ3v) is 5.61. The molecule has 0 aromatic carbocycles. The largest absolute Gasteiger partial charge is 0.388 e. The van der Waals surface area contributed by atoms with Crippen LogP contribution >= 0.6 is 22.7 Å². The van der Waals surface area contributed by atoms with Crippen LogP contribution in [0.1, 0.15) is 41.3 Å². The van der Waals surface area contributed by atoms with E-state index in [9.17, 15) is 5.11 Å². The van der Waals surface area contributed by atoms with Crippen LogP contribution in [0, 0.1) is 0 Å². The Morgan fingerprint density at radius 2 is 2.42 bits per heavy atom.